The van der Waals surface area contributed by atoms with Gasteiger partial charge in [-0.25, -0.2) is 4.79 Å². The molecule has 0 spiro atoms. The van der Waals surface area contributed by atoms with Crippen molar-refractivity contribution in [2.75, 3.05) is 6.54 Å². The minimum absolute atomic E-state index is 0.0104. The molecule has 0 saturated heterocycles. The molecule has 0 bridgehead atoms. The summed E-state index contributed by atoms with van der Waals surface area (Å²) in [5, 5.41) is 22.5. The van der Waals surface area contributed by atoms with Crippen LogP contribution in [0, 0.1) is 0 Å². The molecule has 1 amide bonds. The Labute approximate surface area is 164 Å². The van der Waals surface area contributed by atoms with Crippen LogP contribution >= 0.6 is 0 Å². The van der Waals surface area contributed by atoms with E-state index in [1.807, 2.05) is 6.07 Å². The molecule has 0 saturated carbocycles. The average molecular weight is 411 g/mol. The number of aliphatic hydroxyl groups excluding tert-OH is 2. The van der Waals surface area contributed by atoms with Crippen molar-refractivity contribution in [3.05, 3.63) is 71.3 Å². The molecule has 9 heteroatoms. The molecule has 0 radical (unpaired) electrons. The van der Waals surface area contributed by atoms with E-state index in [4.69, 9.17) is 4.74 Å². The van der Waals surface area contributed by atoms with Gasteiger partial charge in [0.05, 0.1) is 6.10 Å². The summed E-state index contributed by atoms with van der Waals surface area (Å²) in [6.07, 6.45) is -8.38. The Bertz CT molecular complexity index is 809. The SMILES string of the molecule is O=C(NCCC(O)C(O)c1ccc(C(=O)C(F)(F)F)cc1)OCc1ccccc1. The number of carbonyl (C=O) groups excluding carboxylic acids is 2. The maximum atomic E-state index is 12.4. The Kier molecular flexibility index (Phi) is 7.74. The number of rotatable bonds is 8. The fraction of sp³-hybridized carbons (Fsp3) is 0.300. The van der Waals surface area contributed by atoms with E-state index in [0.717, 1.165) is 29.8 Å². The van der Waals surface area contributed by atoms with Gasteiger partial charge in [-0.15, -0.1) is 0 Å². The first-order valence-electron chi connectivity index (χ1n) is 8.70. The summed E-state index contributed by atoms with van der Waals surface area (Å²) in [5.41, 5.74) is 0.388. The summed E-state index contributed by atoms with van der Waals surface area (Å²) in [6, 6.07) is 13.2. The largest absolute Gasteiger partial charge is 0.454 e. The zero-order valence-corrected chi connectivity index (χ0v) is 15.2. The topological polar surface area (TPSA) is 95.9 Å². The second-order valence-electron chi connectivity index (χ2n) is 6.24. The van der Waals surface area contributed by atoms with Gasteiger partial charge < -0.3 is 20.3 Å². The predicted molar refractivity (Wildman–Crippen MR) is 97.0 cm³/mol. The smallest absolute Gasteiger partial charge is 0.445 e. The lowest BCUT2D eigenvalue weighted by Crippen LogP contribution is -2.29. The molecular weight excluding hydrogens is 391 g/mol. The zero-order valence-electron chi connectivity index (χ0n) is 15.2. The third kappa shape index (κ3) is 6.88. The number of halogens is 3. The van der Waals surface area contributed by atoms with Crippen LogP contribution in [-0.4, -0.2) is 40.9 Å². The minimum atomic E-state index is -4.99. The van der Waals surface area contributed by atoms with Crippen molar-refractivity contribution in [3.63, 3.8) is 0 Å². The van der Waals surface area contributed by atoms with E-state index in [1.54, 1.807) is 24.3 Å². The van der Waals surface area contributed by atoms with E-state index in [-0.39, 0.29) is 25.1 Å². The van der Waals surface area contributed by atoms with Gasteiger partial charge in [0.2, 0.25) is 0 Å². The van der Waals surface area contributed by atoms with Gasteiger partial charge in [-0.3, -0.25) is 4.79 Å². The van der Waals surface area contributed by atoms with Gasteiger partial charge in [0.1, 0.15) is 12.7 Å². The summed E-state index contributed by atoms with van der Waals surface area (Å²) < 4.78 is 42.2. The molecule has 2 rings (SSSR count). The van der Waals surface area contributed by atoms with E-state index in [0.29, 0.717) is 0 Å². The Morgan fingerprint density at radius 2 is 1.62 bits per heavy atom. The van der Waals surface area contributed by atoms with Gasteiger partial charge in [-0.2, -0.15) is 13.2 Å². The number of ketones is 1. The fourth-order valence-electron chi connectivity index (χ4n) is 2.47. The number of aliphatic hydroxyl groups is 2. The standard InChI is InChI=1S/C20H20F3NO5/c21-20(22,23)18(27)15-8-6-14(7-9-15)17(26)16(25)10-11-24-19(28)29-12-13-4-2-1-3-5-13/h1-9,16-17,25-26H,10-12H2,(H,24,28). The van der Waals surface area contributed by atoms with Crippen LogP contribution in [0.25, 0.3) is 0 Å². The quantitative estimate of drug-likeness (QED) is 0.580. The number of benzene rings is 2. The highest BCUT2D eigenvalue weighted by Gasteiger charge is 2.39. The van der Waals surface area contributed by atoms with Gasteiger partial charge >= 0.3 is 12.3 Å². The number of Topliss-reactive ketones (excluding diaryl/α,β-unsaturated/α-hetero) is 1. The Morgan fingerprint density at radius 1 is 1.00 bits per heavy atom. The van der Waals surface area contributed by atoms with Gasteiger partial charge in [-0.05, 0) is 17.5 Å². The minimum Gasteiger partial charge on any atom is -0.445 e. The molecule has 2 aromatic carbocycles. The second kappa shape index (κ2) is 10.0. The molecule has 2 unspecified atom stereocenters. The maximum absolute atomic E-state index is 12.4. The van der Waals surface area contributed by atoms with Crippen LogP contribution in [0.2, 0.25) is 0 Å². The molecule has 0 aliphatic rings. The summed E-state index contributed by atoms with van der Waals surface area (Å²) >= 11 is 0. The number of alkyl halides is 3. The van der Waals surface area contributed by atoms with Crippen LogP contribution in [0.1, 0.15) is 34.0 Å². The molecule has 0 fully saturated rings. The van der Waals surface area contributed by atoms with Crippen molar-refractivity contribution < 1.29 is 37.7 Å². The first-order valence-corrected chi connectivity index (χ1v) is 8.70. The van der Waals surface area contributed by atoms with E-state index in [2.05, 4.69) is 5.32 Å². The number of hydrogen-bond acceptors (Lipinski definition) is 5. The van der Waals surface area contributed by atoms with E-state index < -0.39 is 35.8 Å². The number of ether oxygens (including phenoxy) is 1. The summed E-state index contributed by atoms with van der Waals surface area (Å²) in [4.78, 5) is 22.8. The van der Waals surface area contributed by atoms with Crippen molar-refractivity contribution in [1.82, 2.24) is 5.32 Å². The van der Waals surface area contributed by atoms with Crippen molar-refractivity contribution in [3.8, 4) is 0 Å². The fourth-order valence-corrected chi connectivity index (χ4v) is 2.47. The lowest BCUT2D eigenvalue weighted by atomic mass is 9.99. The second-order valence-corrected chi connectivity index (χ2v) is 6.24. The first-order chi connectivity index (χ1) is 13.7. The monoisotopic (exact) mass is 411 g/mol. The van der Waals surface area contributed by atoms with Crippen molar-refractivity contribution in [2.45, 2.75) is 31.4 Å². The van der Waals surface area contributed by atoms with Crippen LogP contribution in [0.3, 0.4) is 0 Å². The lowest BCUT2D eigenvalue weighted by molar-refractivity contribution is -0.0885. The highest BCUT2D eigenvalue weighted by molar-refractivity contribution is 6.00. The van der Waals surface area contributed by atoms with E-state index in [1.165, 1.54) is 0 Å². The molecule has 29 heavy (non-hydrogen) atoms. The third-order valence-corrected chi connectivity index (χ3v) is 4.06. The molecule has 2 aromatic rings. The molecule has 0 aromatic heterocycles. The van der Waals surface area contributed by atoms with Gasteiger partial charge in [0.25, 0.3) is 5.78 Å². The molecule has 156 valence electrons. The van der Waals surface area contributed by atoms with Crippen LogP contribution in [0.4, 0.5) is 18.0 Å². The van der Waals surface area contributed by atoms with Crippen molar-refractivity contribution >= 4 is 11.9 Å². The molecule has 0 aliphatic heterocycles. The Morgan fingerprint density at radius 3 is 2.21 bits per heavy atom. The highest BCUT2D eigenvalue weighted by atomic mass is 19.4. The van der Waals surface area contributed by atoms with Gasteiger partial charge in [-0.1, -0.05) is 54.6 Å². The number of nitrogens with one attached hydrogen (secondary N) is 1. The molecule has 0 heterocycles. The Hall–Kier alpha value is -2.91. The molecule has 6 nitrogen and oxygen atoms in total. The number of alkyl carbamates (subject to hydrolysis) is 1. The van der Waals surface area contributed by atoms with E-state index >= 15 is 0 Å². The van der Waals surface area contributed by atoms with Crippen LogP contribution in [0.15, 0.2) is 54.6 Å². The average Bonchev–Trinajstić information content (AvgIpc) is 2.71. The summed E-state index contributed by atoms with van der Waals surface area (Å²) in [7, 11) is 0. The number of hydrogen-bond donors (Lipinski definition) is 3. The van der Waals surface area contributed by atoms with E-state index in [9.17, 15) is 33.0 Å². The molecular formula is C20H20F3NO5. The van der Waals surface area contributed by atoms with Crippen molar-refractivity contribution in [2.24, 2.45) is 0 Å². The molecule has 3 N–H and O–H groups in total. The molecule has 0 aliphatic carbocycles. The molecule has 2 atom stereocenters. The lowest BCUT2D eigenvalue weighted by Gasteiger charge is -2.18. The maximum Gasteiger partial charge on any atom is 0.454 e. The predicted octanol–water partition coefficient (Wildman–Crippen LogP) is 3.14. The van der Waals surface area contributed by atoms with Crippen LogP contribution in [0.5, 0.6) is 0 Å². The zero-order chi connectivity index (χ0) is 21.4. The van der Waals surface area contributed by atoms with Gasteiger partial charge in [0, 0.05) is 12.1 Å². The van der Waals surface area contributed by atoms with Crippen molar-refractivity contribution in [1.29, 1.82) is 0 Å². The Balaban J connectivity index is 1.77. The third-order valence-electron chi connectivity index (χ3n) is 4.06. The highest BCUT2D eigenvalue weighted by Crippen LogP contribution is 2.24. The number of carbonyl (C=O) groups is 2. The van der Waals surface area contributed by atoms with Crippen LogP contribution in [-0.2, 0) is 11.3 Å². The van der Waals surface area contributed by atoms with Crippen LogP contribution < -0.4 is 5.32 Å². The summed E-state index contributed by atoms with van der Waals surface area (Å²) in [5.74, 6) is -1.99. The summed E-state index contributed by atoms with van der Waals surface area (Å²) in [6.45, 7) is 0.0946. The number of amides is 1. The first kappa shape index (κ1) is 22.4. The van der Waals surface area contributed by atoms with Gasteiger partial charge in [0.15, 0.2) is 0 Å². The normalized spacial score (nSPS) is 13.4.